The van der Waals surface area contributed by atoms with E-state index in [1.807, 2.05) is 18.2 Å². The topological polar surface area (TPSA) is 38.5 Å². The van der Waals surface area contributed by atoms with Crippen LogP contribution in [0.25, 0.3) is 0 Å². The van der Waals surface area contributed by atoms with Gasteiger partial charge in [0.25, 0.3) is 0 Å². The van der Waals surface area contributed by atoms with Gasteiger partial charge in [-0.1, -0.05) is 11.6 Å². The number of nitrogens with two attached hydrogens (primary N) is 1. The van der Waals surface area contributed by atoms with Crippen LogP contribution in [0, 0.1) is 0 Å². The molecule has 1 saturated heterocycles. The van der Waals surface area contributed by atoms with Crippen molar-refractivity contribution in [2.45, 2.75) is 19.0 Å². The van der Waals surface area contributed by atoms with Crippen LogP contribution < -0.4 is 10.5 Å². The van der Waals surface area contributed by atoms with Crippen LogP contribution in [0.3, 0.4) is 0 Å². The molecule has 88 valence electrons. The SMILES string of the molecule is COc1ccc(Cl)cc1CN1CCC(N)C1. The van der Waals surface area contributed by atoms with Gasteiger partial charge in [0.05, 0.1) is 7.11 Å². The first kappa shape index (κ1) is 11.7. The van der Waals surface area contributed by atoms with Gasteiger partial charge in [0.1, 0.15) is 5.75 Å². The number of rotatable bonds is 3. The van der Waals surface area contributed by atoms with Crippen molar-refractivity contribution in [3.63, 3.8) is 0 Å². The monoisotopic (exact) mass is 240 g/mol. The average Bonchev–Trinajstić information content (AvgIpc) is 2.64. The van der Waals surface area contributed by atoms with Gasteiger partial charge in [0.15, 0.2) is 0 Å². The second kappa shape index (κ2) is 5.04. The minimum atomic E-state index is 0.310. The van der Waals surface area contributed by atoms with E-state index in [0.717, 1.165) is 42.4 Å². The molecule has 0 spiro atoms. The molecule has 1 atom stereocenters. The molecule has 0 radical (unpaired) electrons. The molecule has 0 bridgehead atoms. The molecular formula is C12H17ClN2O. The molecule has 0 aliphatic carbocycles. The number of methoxy groups -OCH3 is 1. The van der Waals surface area contributed by atoms with Crippen molar-refractivity contribution < 1.29 is 4.74 Å². The molecule has 0 aromatic heterocycles. The lowest BCUT2D eigenvalue weighted by Gasteiger charge is -2.17. The lowest BCUT2D eigenvalue weighted by molar-refractivity contribution is 0.317. The first-order valence-corrected chi connectivity index (χ1v) is 5.87. The molecule has 4 heteroatoms. The zero-order valence-corrected chi connectivity index (χ0v) is 10.2. The van der Waals surface area contributed by atoms with Crippen molar-refractivity contribution in [3.8, 4) is 5.75 Å². The highest BCUT2D eigenvalue weighted by molar-refractivity contribution is 6.30. The fourth-order valence-electron chi connectivity index (χ4n) is 2.12. The Morgan fingerprint density at radius 3 is 3.00 bits per heavy atom. The quantitative estimate of drug-likeness (QED) is 0.877. The number of nitrogens with zero attached hydrogens (tertiary/aromatic N) is 1. The minimum Gasteiger partial charge on any atom is -0.496 e. The summed E-state index contributed by atoms with van der Waals surface area (Å²) in [6.07, 6.45) is 1.07. The Bertz CT molecular complexity index is 370. The lowest BCUT2D eigenvalue weighted by Crippen LogP contribution is -2.26. The average molecular weight is 241 g/mol. The fourth-order valence-corrected chi connectivity index (χ4v) is 2.31. The molecule has 0 amide bonds. The van der Waals surface area contributed by atoms with Crippen LogP contribution in [0.4, 0.5) is 0 Å². The fraction of sp³-hybridized carbons (Fsp3) is 0.500. The predicted molar refractivity (Wildman–Crippen MR) is 65.9 cm³/mol. The van der Waals surface area contributed by atoms with Crippen molar-refractivity contribution in [2.75, 3.05) is 20.2 Å². The first-order valence-electron chi connectivity index (χ1n) is 5.49. The van der Waals surface area contributed by atoms with E-state index < -0.39 is 0 Å². The Labute approximate surface area is 101 Å². The normalized spacial score (nSPS) is 21.3. The number of likely N-dealkylation sites (tertiary alicyclic amines) is 1. The van der Waals surface area contributed by atoms with Crippen LogP contribution in [0.2, 0.25) is 5.02 Å². The van der Waals surface area contributed by atoms with E-state index >= 15 is 0 Å². The molecule has 1 aliphatic heterocycles. The Morgan fingerprint density at radius 2 is 2.38 bits per heavy atom. The smallest absolute Gasteiger partial charge is 0.123 e. The lowest BCUT2D eigenvalue weighted by atomic mass is 10.2. The Hall–Kier alpha value is -0.770. The predicted octanol–water partition coefficient (Wildman–Crippen LogP) is 1.88. The number of hydrogen-bond donors (Lipinski definition) is 1. The molecule has 1 aliphatic rings. The second-order valence-electron chi connectivity index (χ2n) is 4.24. The molecule has 3 nitrogen and oxygen atoms in total. The number of halogens is 1. The summed E-state index contributed by atoms with van der Waals surface area (Å²) in [5.74, 6) is 0.893. The van der Waals surface area contributed by atoms with E-state index in [9.17, 15) is 0 Å². The zero-order valence-electron chi connectivity index (χ0n) is 9.45. The van der Waals surface area contributed by atoms with Gasteiger partial charge in [-0.25, -0.2) is 0 Å². The molecule has 1 heterocycles. The first-order chi connectivity index (χ1) is 7.69. The largest absolute Gasteiger partial charge is 0.496 e. The van der Waals surface area contributed by atoms with E-state index in [4.69, 9.17) is 22.1 Å². The highest BCUT2D eigenvalue weighted by Gasteiger charge is 2.20. The third-order valence-corrected chi connectivity index (χ3v) is 3.18. The third-order valence-electron chi connectivity index (χ3n) is 2.95. The van der Waals surface area contributed by atoms with Crippen LogP contribution in [0.5, 0.6) is 5.75 Å². The number of hydrogen-bond acceptors (Lipinski definition) is 3. The third kappa shape index (κ3) is 2.67. The van der Waals surface area contributed by atoms with Gasteiger partial charge in [-0.05, 0) is 24.6 Å². The second-order valence-corrected chi connectivity index (χ2v) is 4.68. The van der Waals surface area contributed by atoms with Gasteiger partial charge in [-0.3, -0.25) is 4.90 Å². The summed E-state index contributed by atoms with van der Waals surface area (Å²) >= 11 is 5.99. The Kier molecular flexibility index (Phi) is 3.69. The van der Waals surface area contributed by atoms with Gasteiger partial charge in [0.2, 0.25) is 0 Å². The summed E-state index contributed by atoms with van der Waals surface area (Å²) in [6, 6.07) is 6.03. The molecule has 2 rings (SSSR count). The molecule has 1 aromatic carbocycles. The van der Waals surface area contributed by atoms with Crippen molar-refractivity contribution in [2.24, 2.45) is 5.73 Å². The molecule has 1 unspecified atom stereocenters. The molecular weight excluding hydrogens is 224 g/mol. The zero-order chi connectivity index (χ0) is 11.5. The Morgan fingerprint density at radius 1 is 1.56 bits per heavy atom. The standard InChI is InChI=1S/C12H17ClN2O/c1-16-12-3-2-10(13)6-9(12)7-15-5-4-11(14)8-15/h2-3,6,11H,4-5,7-8,14H2,1H3. The van der Waals surface area contributed by atoms with Crippen LogP contribution in [0.15, 0.2) is 18.2 Å². The van der Waals surface area contributed by atoms with Crippen LogP contribution in [-0.2, 0) is 6.54 Å². The van der Waals surface area contributed by atoms with Gasteiger partial charge in [-0.15, -0.1) is 0 Å². The molecule has 1 aromatic rings. The van der Waals surface area contributed by atoms with Crippen molar-refractivity contribution in [3.05, 3.63) is 28.8 Å². The maximum Gasteiger partial charge on any atom is 0.123 e. The van der Waals surface area contributed by atoms with Crippen molar-refractivity contribution in [1.29, 1.82) is 0 Å². The van der Waals surface area contributed by atoms with Crippen LogP contribution in [-0.4, -0.2) is 31.1 Å². The van der Waals surface area contributed by atoms with E-state index in [0.29, 0.717) is 6.04 Å². The molecule has 0 saturated carbocycles. The van der Waals surface area contributed by atoms with Crippen molar-refractivity contribution in [1.82, 2.24) is 4.90 Å². The van der Waals surface area contributed by atoms with E-state index in [-0.39, 0.29) is 0 Å². The maximum absolute atomic E-state index is 5.99. The highest BCUT2D eigenvalue weighted by Crippen LogP contribution is 2.25. The van der Waals surface area contributed by atoms with Crippen LogP contribution >= 0.6 is 11.6 Å². The summed E-state index contributed by atoms with van der Waals surface area (Å²) in [4.78, 5) is 2.33. The molecule has 1 fully saturated rings. The summed E-state index contributed by atoms with van der Waals surface area (Å²) in [6.45, 7) is 2.87. The summed E-state index contributed by atoms with van der Waals surface area (Å²) < 4.78 is 5.32. The number of benzene rings is 1. The summed E-state index contributed by atoms with van der Waals surface area (Å²) in [5, 5.41) is 0.749. The maximum atomic E-state index is 5.99. The summed E-state index contributed by atoms with van der Waals surface area (Å²) in [7, 11) is 1.68. The van der Waals surface area contributed by atoms with Crippen molar-refractivity contribution >= 4 is 11.6 Å². The summed E-state index contributed by atoms with van der Waals surface area (Å²) in [5.41, 5.74) is 7.01. The van der Waals surface area contributed by atoms with Gasteiger partial charge < -0.3 is 10.5 Å². The highest BCUT2D eigenvalue weighted by atomic mass is 35.5. The number of ether oxygens (including phenoxy) is 1. The van der Waals surface area contributed by atoms with E-state index in [2.05, 4.69) is 4.90 Å². The molecule has 2 N–H and O–H groups in total. The van der Waals surface area contributed by atoms with Gasteiger partial charge in [-0.2, -0.15) is 0 Å². The molecule has 16 heavy (non-hydrogen) atoms. The van der Waals surface area contributed by atoms with E-state index in [1.165, 1.54) is 0 Å². The Balaban J connectivity index is 2.10. The van der Waals surface area contributed by atoms with Crippen LogP contribution in [0.1, 0.15) is 12.0 Å². The minimum absolute atomic E-state index is 0.310. The van der Waals surface area contributed by atoms with Gasteiger partial charge in [0, 0.05) is 36.3 Å². The van der Waals surface area contributed by atoms with E-state index in [1.54, 1.807) is 7.11 Å². The van der Waals surface area contributed by atoms with Gasteiger partial charge >= 0.3 is 0 Å².